The zero-order valence-corrected chi connectivity index (χ0v) is 20.5. The topological polar surface area (TPSA) is 125 Å². The van der Waals surface area contributed by atoms with Crippen LogP contribution in [0.2, 0.25) is 0 Å². The number of hydrogen-bond acceptors (Lipinski definition) is 7. The van der Waals surface area contributed by atoms with E-state index < -0.39 is 17.7 Å². The molecule has 3 aromatic carbocycles. The Morgan fingerprint density at radius 1 is 1.11 bits per heavy atom. The second-order valence-electron chi connectivity index (χ2n) is 8.64. The zero-order chi connectivity index (χ0) is 26.3. The van der Waals surface area contributed by atoms with E-state index in [-0.39, 0.29) is 28.8 Å². The second kappa shape index (κ2) is 9.34. The molecule has 37 heavy (non-hydrogen) atoms. The standard InChI is InChI=1S/C28H25N3O6/c1-4-37-22-14-16(9-11-21(22)32)24-23(25(33)17-6-5-7-18(13-17)36-3)26(34)27(35)31(24)28-29-19-10-8-15(2)12-20(19)30-28/h5-14,24,32-33H,4H2,1-3H3,(H,29,30)/b25-23+. The van der Waals surface area contributed by atoms with Crippen molar-refractivity contribution in [3.63, 3.8) is 0 Å². The fourth-order valence-corrected chi connectivity index (χ4v) is 4.49. The van der Waals surface area contributed by atoms with Crippen molar-refractivity contribution in [2.75, 3.05) is 18.6 Å². The van der Waals surface area contributed by atoms with Crippen molar-refractivity contribution in [1.82, 2.24) is 9.97 Å². The zero-order valence-electron chi connectivity index (χ0n) is 20.5. The molecule has 9 heteroatoms. The summed E-state index contributed by atoms with van der Waals surface area (Å²) in [6.45, 7) is 4.01. The highest BCUT2D eigenvalue weighted by Crippen LogP contribution is 2.43. The molecule has 0 spiro atoms. The number of rotatable bonds is 6. The molecule has 188 valence electrons. The number of benzene rings is 3. The van der Waals surface area contributed by atoms with Crippen molar-refractivity contribution in [3.05, 3.63) is 82.9 Å². The molecule has 0 radical (unpaired) electrons. The van der Waals surface area contributed by atoms with Gasteiger partial charge in [-0.2, -0.15) is 0 Å². The van der Waals surface area contributed by atoms with Gasteiger partial charge in [0, 0.05) is 5.56 Å². The Hall–Kier alpha value is -4.79. The van der Waals surface area contributed by atoms with Gasteiger partial charge < -0.3 is 24.7 Å². The maximum atomic E-state index is 13.4. The van der Waals surface area contributed by atoms with Crippen LogP contribution in [0, 0.1) is 6.92 Å². The first-order valence-electron chi connectivity index (χ1n) is 11.7. The van der Waals surface area contributed by atoms with Crippen LogP contribution >= 0.6 is 0 Å². The minimum Gasteiger partial charge on any atom is -0.507 e. The molecular formula is C28H25N3O6. The van der Waals surface area contributed by atoms with Crippen molar-refractivity contribution in [2.24, 2.45) is 0 Å². The van der Waals surface area contributed by atoms with Crippen molar-refractivity contribution < 1.29 is 29.3 Å². The molecule has 1 aliphatic heterocycles. The minimum atomic E-state index is -1.05. The van der Waals surface area contributed by atoms with Gasteiger partial charge in [0.15, 0.2) is 11.5 Å². The smallest absolute Gasteiger partial charge is 0.302 e. The Labute approximate surface area is 212 Å². The monoisotopic (exact) mass is 499 g/mol. The summed E-state index contributed by atoms with van der Waals surface area (Å²) in [6, 6.07) is 15.7. The summed E-state index contributed by atoms with van der Waals surface area (Å²) in [5, 5.41) is 21.6. The molecule has 1 saturated heterocycles. The molecule has 1 unspecified atom stereocenters. The first kappa shape index (κ1) is 23.9. The number of amides is 1. The Balaban J connectivity index is 1.74. The van der Waals surface area contributed by atoms with Crippen molar-refractivity contribution in [1.29, 1.82) is 0 Å². The quantitative estimate of drug-likeness (QED) is 0.201. The summed E-state index contributed by atoms with van der Waals surface area (Å²) in [5.41, 5.74) is 2.95. The molecule has 0 aliphatic carbocycles. The molecule has 1 aromatic heterocycles. The van der Waals surface area contributed by atoms with Gasteiger partial charge in [0.2, 0.25) is 5.95 Å². The van der Waals surface area contributed by atoms with Crippen LogP contribution in [0.5, 0.6) is 17.2 Å². The first-order valence-corrected chi connectivity index (χ1v) is 11.7. The van der Waals surface area contributed by atoms with Crippen LogP contribution in [-0.4, -0.2) is 45.6 Å². The molecular weight excluding hydrogens is 474 g/mol. The molecule has 1 amide bonds. The molecule has 1 fully saturated rings. The van der Waals surface area contributed by atoms with Gasteiger partial charge in [-0.1, -0.05) is 24.3 Å². The predicted molar refractivity (Wildman–Crippen MR) is 138 cm³/mol. The molecule has 1 aliphatic rings. The molecule has 0 bridgehead atoms. The summed E-state index contributed by atoms with van der Waals surface area (Å²) >= 11 is 0. The van der Waals surface area contributed by atoms with Gasteiger partial charge in [-0.15, -0.1) is 0 Å². The van der Waals surface area contributed by atoms with E-state index in [0.717, 1.165) is 5.56 Å². The number of methoxy groups -OCH3 is 1. The van der Waals surface area contributed by atoms with E-state index in [2.05, 4.69) is 9.97 Å². The number of imidazole rings is 1. The number of aromatic hydroxyl groups is 1. The van der Waals surface area contributed by atoms with E-state index in [0.29, 0.717) is 34.5 Å². The number of aromatic nitrogens is 2. The number of nitrogens with one attached hydrogen (secondary N) is 1. The van der Waals surface area contributed by atoms with Crippen LogP contribution in [0.3, 0.4) is 0 Å². The third-order valence-corrected chi connectivity index (χ3v) is 6.24. The third kappa shape index (κ3) is 4.14. The summed E-state index contributed by atoms with van der Waals surface area (Å²) < 4.78 is 10.8. The lowest BCUT2D eigenvalue weighted by Gasteiger charge is -2.23. The molecule has 4 aromatic rings. The number of aliphatic hydroxyl groups is 1. The fraction of sp³-hybridized carbons (Fsp3) is 0.179. The third-order valence-electron chi connectivity index (χ3n) is 6.24. The number of hydrogen-bond donors (Lipinski definition) is 3. The Morgan fingerprint density at radius 2 is 1.92 bits per heavy atom. The Bertz CT molecular complexity index is 1570. The number of fused-ring (bicyclic) bond motifs is 1. The molecule has 0 saturated carbocycles. The van der Waals surface area contributed by atoms with Crippen LogP contribution in [-0.2, 0) is 9.59 Å². The number of anilines is 1. The molecule has 5 rings (SSSR count). The van der Waals surface area contributed by atoms with Gasteiger partial charge >= 0.3 is 5.91 Å². The first-order chi connectivity index (χ1) is 17.8. The number of ketones is 1. The Morgan fingerprint density at radius 3 is 2.68 bits per heavy atom. The van der Waals surface area contributed by atoms with Gasteiger partial charge in [-0.3, -0.25) is 14.5 Å². The lowest BCUT2D eigenvalue weighted by Crippen LogP contribution is -2.30. The van der Waals surface area contributed by atoms with Crippen molar-refractivity contribution in [2.45, 2.75) is 19.9 Å². The second-order valence-corrected chi connectivity index (χ2v) is 8.64. The van der Waals surface area contributed by atoms with E-state index in [1.807, 2.05) is 25.1 Å². The van der Waals surface area contributed by atoms with Gasteiger partial charge in [0.1, 0.15) is 11.5 Å². The SMILES string of the molecule is CCOc1cc(C2/C(=C(\O)c3cccc(OC)c3)C(=O)C(=O)N2c2nc3ccc(C)cc3[nH]2)ccc1O. The number of aromatic amines is 1. The number of carbonyl (C=O) groups excluding carboxylic acids is 2. The van der Waals surface area contributed by atoms with E-state index in [1.54, 1.807) is 43.3 Å². The lowest BCUT2D eigenvalue weighted by molar-refractivity contribution is -0.132. The maximum absolute atomic E-state index is 13.4. The van der Waals surface area contributed by atoms with E-state index in [1.165, 1.54) is 18.1 Å². The van der Waals surface area contributed by atoms with Crippen LogP contribution in [0.25, 0.3) is 16.8 Å². The molecule has 2 heterocycles. The number of carbonyl (C=O) groups is 2. The van der Waals surface area contributed by atoms with Crippen LogP contribution in [0.1, 0.15) is 29.7 Å². The normalized spacial score (nSPS) is 16.9. The van der Waals surface area contributed by atoms with E-state index in [4.69, 9.17) is 9.47 Å². The van der Waals surface area contributed by atoms with Gasteiger partial charge in [-0.25, -0.2) is 4.98 Å². The predicted octanol–water partition coefficient (Wildman–Crippen LogP) is 4.61. The number of aliphatic hydroxyl groups excluding tert-OH is 1. The average Bonchev–Trinajstić information content (AvgIpc) is 3.42. The van der Waals surface area contributed by atoms with Crippen LogP contribution < -0.4 is 14.4 Å². The highest BCUT2D eigenvalue weighted by Gasteiger charge is 2.48. The highest BCUT2D eigenvalue weighted by atomic mass is 16.5. The number of Topliss-reactive ketones (excluding diaryl/α,β-unsaturated/α-hetero) is 1. The van der Waals surface area contributed by atoms with E-state index >= 15 is 0 Å². The van der Waals surface area contributed by atoms with Gasteiger partial charge in [0.25, 0.3) is 5.78 Å². The molecule has 3 N–H and O–H groups in total. The van der Waals surface area contributed by atoms with Crippen LogP contribution in [0.4, 0.5) is 5.95 Å². The molecule has 1 atom stereocenters. The Kier molecular flexibility index (Phi) is 6.04. The lowest BCUT2D eigenvalue weighted by atomic mass is 9.95. The van der Waals surface area contributed by atoms with Crippen molar-refractivity contribution >= 4 is 34.4 Å². The average molecular weight is 500 g/mol. The number of nitrogens with zero attached hydrogens (tertiary/aromatic N) is 2. The van der Waals surface area contributed by atoms with Crippen molar-refractivity contribution in [3.8, 4) is 17.2 Å². The fourth-order valence-electron chi connectivity index (χ4n) is 4.49. The van der Waals surface area contributed by atoms with E-state index in [9.17, 15) is 19.8 Å². The number of H-pyrrole nitrogens is 1. The largest absolute Gasteiger partial charge is 0.507 e. The number of phenols is 1. The minimum absolute atomic E-state index is 0.0884. The number of phenolic OH excluding ortho intramolecular Hbond substituents is 1. The summed E-state index contributed by atoms with van der Waals surface area (Å²) in [5.74, 6) is -1.34. The van der Waals surface area contributed by atoms with Gasteiger partial charge in [0.05, 0.1) is 36.4 Å². The maximum Gasteiger partial charge on any atom is 0.302 e. The summed E-state index contributed by atoms with van der Waals surface area (Å²) in [6.07, 6.45) is 0. The summed E-state index contributed by atoms with van der Waals surface area (Å²) in [4.78, 5) is 35.8. The highest BCUT2D eigenvalue weighted by molar-refractivity contribution is 6.51. The number of ether oxygens (including phenoxy) is 2. The van der Waals surface area contributed by atoms with Crippen LogP contribution in [0.15, 0.2) is 66.2 Å². The van der Waals surface area contributed by atoms with Gasteiger partial charge in [-0.05, 0) is 61.4 Å². The molecule has 9 nitrogen and oxygen atoms in total. The number of aryl methyl sites for hydroxylation is 1. The summed E-state index contributed by atoms with van der Waals surface area (Å²) in [7, 11) is 1.49.